The van der Waals surface area contributed by atoms with Crippen molar-refractivity contribution >= 4 is 34.7 Å². The number of aromatic nitrogens is 2. The fourth-order valence-electron chi connectivity index (χ4n) is 3.52. The normalized spacial score (nSPS) is 20.8. The molecule has 1 saturated heterocycles. The molecule has 2 unspecified atom stereocenters. The van der Waals surface area contributed by atoms with Crippen LogP contribution in [0.3, 0.4) is 0 Å². The zero-order valence-electron chi connectivity index (χ0n) is 13.9. The molecule has 3 aromatic rings. The fraction of sp³-hybridized carbons (Fsp3) is 0.316. The van der Waals surface area contributed by atoms with E-state index in [1.165, 1.54) is 0 Å². The van der Waals surface area contributed by atoms with E-state index in [4.69, 9.17) is 16.0 Å². The van der Waals surface area contributed by atoms with Crippen molar-refractivity contribution in [3.63, 3.8) is 0 Å². The van der Waals surface area contributed by atoms with Crippen LogP contribution in [-0.4, -0.2) is 28.8 Å². The molecule has 1 aromatic carbocycles. The van der Waals surface area contributed by atoms with E-state index in [1.54, 1.807) is 12.5 Å². The second-order valence-electron chi connectivity index (χ2n) is 6.50. The highest BCUT2D eigenvalue weighted by molar-refractivity contribution is 6.29. The third-order valence-electron chi connectivity index (χ3n) is 4.83. The van der Waals surface area contributed by atoms with Crippen LogP contribution in [0, 0.1) is 5.92 Å². The zero-order valence-corrected chi connectivity index (χ0v) is 14.6. The number of anilines is 1. The average Bonchev–Trinajstić information content (AvgIpc) is 3.09. The van der Waals surface area contributed by atoms with Gasteiger partial charge in [0.05, 0.1) is 12.5 Å². The van der Waals surface area contributed by atoms with E-state index in [-0.39, 0.29) is 12.0 Å². The summed E-state index contributed by atoms with van der Waals surface area (Å²) in [6.07, 6.45) is 5.95. The minimum absolute atomic E-state index is 0.115. The van der Waals surface area contributed by atoms with Crippen molar-refractivity contribution < 1.29 is 9.21 Å². The third-order valence-corrected chi connectivity index (χ3v) is 5.01. The van der Waals surface area contributed by atoms with E-state index < -0.39 is 0 Å². The first-order valence-electron chi connectivity index (χ1n) is 8.38. The first-order chi connectivity index (χ1) is 12.2. The van der Waals surface area contributed by atoms with Crippen LogP contribution in [0.5, 0.6) is 0 Å². The molecular weight excluding hydrogens is 338 g/mol. The number of benzene rings is 1. The molecule has 0 N–H and O–H groups in total. The van der Waals surface area contributed by atoms with Crippen LogP contribution < -0.4 is 4.90 Å². The maximum absolute atomic E-state index is 11.1. The summed E-state index contributed by atoms with van der Waals surface area (Å²) in [5.41, 5.74) is 2.61. The molecule has 2 aromatic heterocycles. The van der Waals surface area contributed by atoms with Crippen molar-refractivity contribution in [2.45, 2.75) is 25.8 Å². The van der Waals surface area contributed by atoms with Gasteiger partial charge in [-0.25, -0.2) is 9.97 Å². The summed E-state index contributed by atoms with van der Waals surface area (Å²) in [6.45, 7) is 2.88. The predicted molar refractivity (Wildman–Crippen MR) is 97.8 cm³/mol. The lowest BCUT2D eigenvalue weighted by molar-refractivity contribution is -0.111. The molecule has 0 amide bonds. The topological polar surface area (TPSA) is 59.2 Å². The highest BCUT2D eigenvalue weighted by Gasteiger charge is 2.28. The summed E-state index contributed by atoms with van der Waals surface area (Å²) in [6, 6.07) is 8.10. The quantitative estimate of drug-likeness (QED) is 0.654. The van der Waals surface area contributed by atoms with Gasteiger partial charge in [-0.1, -0.05) is 11.6 Å². The van der Waals surface area contributed by atoms with Crippen molar-refractivity contribution in [2.24, 2.45) is 5.92 Å². The number of hydrogen-bond donors (Lipinski definition) is 0. The zero-order chi connectivity index (χ0) is 17.4. The lowest BCUT2D eigenvalue weighted by Gasteiger charge is -2.37. The van der Waals surface area contributed by atoms with Gasteiger partial charge < -0.3 is 14.1 Å². The van der Waals surface area contributed by atoms with Crippen molar-refractivity contribution in [3.05, 3.63) is 41.9 Å². The fourth-order valence-corrected chi connectivity index (χ4v) is 3.65. The Bertz CT molecular complexity index is 924. The number of carbonyl (C=O) groups is 1. The summed E-state index contributed by atoms with van der Waals surface area (Å²) < 4.78 is 5.42. The second kappa shape index (κ2) is 6.48. The van der Waals surface area contributed by atoms with Gasteiger partial charge in [-0.2, -0.15) is 0 Å². The second-order valence-corrected chi connectivity index (χ2v) is 6.89. The minimum atomic E-state index is 0.115. The molecule has 0 bridgehead atoms. The standard InChI is InChI=1S/C19H18ClN3O2/c1-12-8-13(11-24)4-6-23(12)19-18(21-10-17(20)22-19)15-2-3-16-14(9-15)5-7-25-16/h2-3,5,7,9-13H,4,6,8H2,1H3. The molecule has 5 nitrogen and oxygen atoms in total. The highest BCUT2D eigenvalue weighted by atomic mass is 35.5. The van der Waals surface area contributed by atoms with Gasteiger partial charge in [0, 0.05) is 29.5 Å². The van der Waals surface area contributed by atoms with E-state index in [0.717, 1.165) is 53.7 Å². The smallest absolute Gasteiger partial charge is 0.157 e. The maximum atomic E-state index is 11.1. The first kappa shape index (κ1) is 16.1. The monoisotopic (exact) mass is 355 g/mol. The number of fused-ring (bicyclic) bond motifs is 1. The minimum Gasteiger partial charge on any atom is -0.464 e. The summed E-state index contributed by atoms with van der Waals surface area (Å²) in [7, 11) is 0. The molecule has 1 aliphatic rings. The van der Waals surface area contributed by atoms with Crippen LogP contribution >= 0.6 is 11.6 Å². The molecule has 3 heterocycles. The molecule has 1 aliphatic heterocycles. The summed E-state index contributed by atoms with van der Waals surface area (Å²) in [5, 5.41) is 1.39. The maximum Gasteiger partial charge on any atom is 0.157 e. The SMILES string of the molecule is CC1CC(C=O)CCN1c1nc(Cl)cnc1-c1ccc2occc2c1. The van der Waals surface area contributed by atoms with E-state index in [0.29, 0.717) is 5.15 Å². The van der Waals surface area contributed by atoms with Gasteiger partial charge in [0.1, 0.15) is 22.7 Å². The molecule has 1 fully saturated rings. The molecule has 0 saturated carbocycles. The van der Waals surface area contributed by atoms with E-state index in [2.05, 4.69) is 21.8 Å². The number of aldehydes is 1. The Morgan fingerprint density at radius 2 is 2.24 bits per heavy atom. The molecule has 4 rings (SSSR count). The molecular formula is C19H18ClN3O2. The molecule has 6 heteroatoms. The van der Waals surface area contributed by atoms with Gasteiger partial charge in [-0.15, -0.1) is 0 Å². The lowest BCUT2D eigenvalue weighted by atomic mass is 9.92. The van der Waals surface area contributed by atoms with E-state index in [1.807, 2.05) is 24.3 Å². The van der Waals surface area contributed by atoms with E-state index in [9.17, 15) is 4.79 Å². The van der Waals surface area contributed by atoms with Gasteiger partial charge in [0.15, 0.2) is 5.82 Å². The van der Waals surface area contributed by atoms with Crippen molar-refractivity contribution in [2.75, 3.05) is 11.4 Å². The van der Waals surface area contributed by atoms with Gasteiger partial charge in [0.2, 0.25) is 0 Å². The predicted octanol–water partition coefficient (Wildman–Crippen LogP) is 4.35. The van der Waals surface area contributed by atoms with Crippen molar-refractivity contribution in [1.29, 1.82) is 0 Å². The molecule has 0 radical (unpaired) electrons. The molecule has 0 aliphatic carbocycles. The van der Waals surface area contributed by atoms with Crippen LogP contribution in [0.25, 0.3) is 22.2 Å². The number of piperidine rings is 1. The van der Waals surface area contributed by atoms with Gasteiger partial charge in [0.25, 0.3) is 0 Å². The Balaban J connectivity index is 1.77. The van der Waals surface area contributed by atoms with Crippen LogP contribution in [0.15, 0.2) is 41.1 Å². The third kappa shape index (κ3) is 3.00. The number of carbonyl (C=O) groups excluding carboxylic acids is 1. The van der Waals surface area contributed by atoms with Crippen molar-refractivity contribution in [1.82, 2.24) is 9.97 Å². The Kier molecular flexibility index (Phi) is 4.17. The lowest BCUT2D eigenvalue weighted by Crippen LogP contribution is -2.42. The summed E-state index contributed by atoms with van der Waals surface area (Å²) in [4.78, 5) is 22.4. The highest BCUT2D eigenvalue weighted by Crippen LogP contribution is 2.34. The Morgan fingerprint density at radius 1 is 1.36 bits per heavy atom. The summed E-state index contributed by atoms with van der Waals surface area (Å²) >= 11 is 6.13. The summed E-state index contributed by atoms with van der Waals surface area (Å²) in [5.74, 6) is 0.885. The van der Waals surface area contributed by atoms with Gasteiger partial charge in [-0.3, -0.25) is 0 Å². The number of halogens is 1. The van der Waals surface area contributed by atoms with Crippen LogP contribution in [0.4, 0.5) is 5.82 Å². The van der Waals surface area contributed by atoms with E-state index >= 15 is 0 Å². The van der Waals surface area contributed by atoms with Crippen LogP contribution in [0.1, 0.15) is 19.8 Å². The van der Waals surface area contributed by atoms with Crippen LogP contribution in [-0.2, 0) is 4.79 Å². The number of rotatable bonds is 3. The molecule has 2 atom stereocenters. The Hall–Kier alpha value is -2.40. The Labute approximate surface area is 150 Å². The first-order valence-corrected chi connectivity index (χ1v) is 8.75. The van der Waals surface area contributed by atoms with Crippen molar-refractivity contribution in [3.8, 4) is 11.3 Å². The number of furan rings is 1. The largest absolute Gasteiger partial charge is 0.464 e. The molecule has 128 valence electrons. The molecule has 0 spiro atoms. The average molecular weight is 356 g/mol. The van der Waals surface area contributed by atoms with Crippen LogP contribution in [0.2, 0.25) is 5.15 Å². The molecule has 25 heavy (non-hydrogen) atoms. The van der Waals surface area contributed by atoms with Gasteiger partial charge in [-0.05, 0) is 44.0 Å². The van der Waals surface area contributed by atoms with Gasteiger partial charge >= 0.3 is 0 Å². The number of nitrogens with zero attached hydrogens (tertiary/aromatic N) is 3. The Morgan fingerprint density at radius 3 is 3.04 bits per heavy atom. The number of hydrogen-bond acceptors (Lipinski definition) is 5.